The Morgan fingerprint density at radius 1 is 1.08 bits per heavy atom. The lowest BCUT2D eigenvalue weighted by Gasteiger charge is -2.55. The molecule has 1 aliphatic carbocycles. The van der Waals surface area contributed by atoms with Crippen LogP contribution in [0, 0.1) is 23.7 Å². The van der Waals surface area contributed by atoms with Crippen molar-refractivity contribution in [1.29, 1.82) is 0 Å². The van der Waals surface area contributed by atoms with Crippen LogP contribution in [0.3, 0.4) is 0 Å². The molecule has 0 aromatic heterocycles. The van der Waals surface area contributed by atoms with Gasteiger partial charge in [-0.3, -0.25) is 4.79 Å². The van der Waals surface area contributed by atoms with Crippen molar-refractivity contribution >= 4 is 51.2 Å². The van der Waals surface area contributed by atoms with Crippen LogP contribution in [-0.2, 0) is 14.3 Å². The Morgan fingerprint density at radius 2 is 1.84 bits per heavy atom. The lowest BCUT2D eigenvalue weighted by molar-refractivity contribution is -0.246. The fourth-order valence-corrected chi connectivity index (χ4v) is 8.07. The van der Waals surface area contributed by atoms with Crippen molar-refractivity contribution < 1.29 is 14.3 Å². The predicted octanol–water partition coefficient (Wildman–Crippen LogP) is 6.25. The minimum Gasteiger partial charge on any atom is -0.422 e. The second-order valence-electron chi connectivity index (χ2n) is 8.50. The number of hydrogen-bond donors (Lipinski definition) is 0. The fraction of sp³-hybridized carbons (Fsp3) is 0.950. The molecule has 7 atom stereocenters. The normalized spacial score (nSPS) is 46.9. The third-order valence-corrected chi connectivity index (χ3v) is 9.75. The highest BCUT2D eigenvalue weighted by atomic mass is 127. The molecule has 2 heterocycles. The van der Waals surface area contributed by atoms with Crippen LogP contribution >= 0.6 is 45.2 Å². The first-order valence-electron chi connectivity index (χ1n) is 10.1. The average Bonchev–Trinajstić information content (AvgIpc) is 2.68. The van der Waals surface area contributed by atoms with Gasteiger partial charge in [0.25, 0.3) is 3.79 Å². The molecule has 0 radical (unpaired) electrons. The standard InChI is InChI=1S/C20H32I2O3/c1-4-5-6-7-12-19(21)16-11-8-13(2)15-10-9-14(3)24-20(22,17(15)16)25-18(19)23/h13-17H,4-12H2,1-3H3/t13?,14?,15?,16?,17?,19-,20?/m1/s1. The Hall–Kier alpha value is 0.890. The molecule has 0 aromatic carbocycles. The van der Waals surface area contributed by atoms with Gasteiger partial charge in [-0.2, -0.15) is 0 Å². The molecule has 3 aliphatic rings. The van der Waals surface area contributed by atoms with Crippen molar-refractivity contribution in [2.24, 2.45) is 23.7 Å². The van der Waals surface area contributed by atoms with Gasteiger partial charge in [0.15, 0.2) is 0 Å². The zero-order valence-corrected chi connectivity index (χ0v) is 20.0. The molecule has 2 saturated heterocycles. The summed E-state index contributed by atoms with van der Waals surface area (Å²) in [7, 11) is 0. The van der Waals surface area contributed by atoms with Gasteiger partial charge in [0.1, 0.15) is 3.42 Å². The first kappa shape index (κ1) is 20.6. The van der Waals surface area contributed by atoms with Gasteiger partial charge < -0.3 is 9.47 Å². The zero-order chi connectivity index (χ0) is 18.2. The summed E-state index contributed by atoms with van der Waals surface area (Å²) in [5.41, 5.74) is 0. The molecular weight excluding hydrogens is 542 g/mol. The van der Waals surface area contributed by atoms with Crippen LogP contribution in [-0.4, -0.2) is 19.3 Å². The van der Waals surface area contributed by atoms with E-state index < -0.39 is 3.79 Å². The summed E-state index contributed by atoms with van der Waals surface area (Å²) in [6, 6.07) is 0. The number of unbranched alkanes of at least 4 members (excludes halogenated alkanes) is 3. The first-order chi connectivity index (χ1) is 11.8. The van der Waals surface area contributed by atoms with E-state index in [2.05, 4.69) is 66.0 Å². The number of esters is 1. The molecule has 0 aromatic rings. The van der Waals surface area contributed by atoms with Gasteiger partial charge in [-0.25, -0.2) is 0 Å². The number of halogens is 2. The maximum atomic E-state index is 13.1. The number of ether oxygens (including phenoxy) is 2. The Kier molecular flexibility index (Phi) is 6.68. The van der Waals surface area contributed by atoms with Crippen molar-refractivity contribution in [3.8, 4) is 0 Å². The highest BCUT2D eigenvalue weighted by molar-refractivity contribution is 14.1. The van der Waals surface area contributed by atoms with Crippen LogP contribution in [0.1, 0.15) is 78.6 Å². The van der Waals surface area contributed by atoms with Crippen molar-refractivity contribution in [2.75, 3.05) is 0 Å². The van der Waals surface area contributed by atoms with Crippen molar-refractivity contribution in [3.63, 3.8) is 0 Å². The van der Waals surface area contributed by atoms with E-state index in [1.54, 1.807) is 0 Å². The van der Waals surface area contributed by atoms with Crippen LogP contribution in [0.15, 0.2) is 0 Å². The van der Waals surface area contributed by atoms with E-state index >= 15 is 0 Å². The summed E-state index contributed by atoms with van der Waals surface area (Å²) in [5, 5.41) is 0. The largest absolute Gasteiger partial charge is 0.422 e. The molecule has 0 N–H and O–H groups in total. The lowest BCUT2D eigenvalue weighted by atomic mass is 9.60. The predicted molar refractivity (Wildman–Crippen MR) is 117 cm³/mol. The summed E-state index contributed by atoms with van der Waals surface area (Å²) >= 11 is 4.78. The van der Waals surface area contributed by atoms with Gasteiger partial charge in [0, 0.05) is 28.5 Å². The molecule has 3 fully saturated rings. The molecule has 1 saturated carbocycles. The quantitative estimate of drug-likeness (QED) is 0.169. The van der Waals surface area contributed by atoms with E-state index in [1.165, 1.54) is 32.1 Å². The highest BCUT2D eigenvalue weighted by Crippen LogP contribution is 2.61. The third kappa shape index (κ3) is 3.89. The lowest BCUT2D eigenvalue weighted by Crippen LogP contribution is -2.62. The van der Waals surface area contributed by atoms with E-state index in [0.29, 0.717) is 23.7 Å². The van der Waals surface area contributed by atoms with Gasteiger partial charge in [0.05, 0.1) is 6.10 Å². The van der Waals surface area contributed by atoms with Crippen molar-refractivity contribution in [2.45, 2.75) is 91.9 Å². The molecule has 25 heavy (non-hydrogen) atoms. The molecule has 5 heteroatoms. The molecule has 6 unspecified atom stereocenters. The van der Waals surface area contributed by atoms with Gasteiger partial charge in [-0.05, 0) is 50.4 Å². The molecule has 0 spiro atoms. The molecular formula is C20H32I2O3. The van der Waals surface area contributed by atoms with E-state index in [4.69, 9.17) is 9.47 Å². The zero-order valence-electron chi connectivity index (χ0n) is 15.7. The number of alkyl halides is 2. The second kappa shape index (κ2) is 8.10. The fourth-order valence-electron chi connectivity index (χ4n) is 5.35. The minimum atomic E-state index is -0.757. The van der Waals surface area contributed by atoms with E-state index in [1.807, 2.05) is 0 Å². The van der Waals surface area contributed by atoms with Crippen LogP contribution in [0.2, 0.25) is 0 Å². The van der Waals surface area contributed by atoms with E-state index in [-0.39, 0.29) is 15.5 Å². The van der Waals surface area contributed by atoms with Gasteiger partial charge in [-0.15, -0.1) is 0 Å². The Balaban J connectivity index is 1.89. The number of hydrogen-bond acceptors (Lipinski definition) is 3. The maximum Gasteiger partial charge on any atom is 0.325 e. The van der Waals surface area contributed by atoms with Crippen molar-refractivity contribution in [1.82, 2.24) is 0 Å². The summed E-state index contributed by atoms with van der Waals surface area (Å²) in [6.45, 7) is 6.75. The highest BCUT2D eigenvalue weighted by Gasteiger charge is 2.65. The maximum absolute atomic E-state index is 13.1. The molecule has 0 bridgehead atoms. The molecule has 144 valence electrons. The molecule has 3 nitrogen and oxygen atoms in total. The van der Waals surface area contributed by atoms with Gasteiger partial charge in [-0.1, -0.05) is 68.5 Å². The topological polar surface area (TPSA) is 35.5 Å². The van der Waals surface area contributed by atoms with E-state index in [9.17, 15) is 4.79 Å². The summed E-state index contributed by atoms with van der Waals surface area (Å²) < 4.78 is 11.3. The van der Waals surface area contributed by atoms with Crippen LogP contribution in [0.25, 0.3) is 0 Å². The SMILES string of the molecule is CCCCCC[C@]1(I)C(=O)OC2(I)OC(C)CCC3C(C)CCC1C32. The molecule has 3 rings (SSSR count). The Bertz CT molecular complexity index is 499. The molecule has 0 amide bonds. The summed E-state index contributed by atoms with van der Waals surface area (Å²) in [5.74, 6) is 2.00. The monoisotopic (exact) mass is 574 g/mol. The minimum absolute atomic E-state index is 0.0253. The first-order valence-corrected chi connectivity index (χ1v) is 12.3. The van der Waals surface area contributed by atoms with Crippen LogP contribution in [0.4, 0.5) is 0 Å². The average molecular weight is 574 g/mol. The third-order valence-electron chi connectivity index (χ3n) is 6.78. The smallest absolute Gasteiger partial charge is 0.325 e. The number of carbonyl (C=O) groups is 1. The van der Waals surface area contributed by atoms with Crippen LogP contribution in [0.5, 0.6) is 0 Å². The van der Waals surface area contributed by atoms with Crippen LogP contribution < -0.4 is 0 Å². The van der Waals surface area contributed by atoms with E-state index in [0.717, 1.165) is 25.7 Å². The van der Waals surface area contributed by atoms with Crippen molar-refractivity contribution in [3.05, 3.63) is 0 Å². The van der Waals surface area contributed by atoms with Gasteiger partial charge in [0.2, 0.25) is 0 Å². The Labute approximate surface area is 180 Å². The summed E-state index contributed by atoms with van der Waals surface area (Å²) in [6.07, 6.45) is 10.6. The van der Waals surface area contributed by atoms with Gasteiger partial charge >= 0.3 is 5.97 Å². The number of carbonyl (C=O) groups excluding carboxylic acids is 1. The Morgan fingerprint density at radius 3 is 2.56 bits per heavy atom. The number of rotatable bonds is 5. The second-order valence-corrected chi connectivity index (χ2v) is 11.9. The summed E-state index contributed by atoms with van der Waals surface area (Å²) in [4.78, 5) is 13.1. The molecule has 2 aliphatic heterocycles.